The van der Waals surface area contributed by atoms with Gasteiger partial charge in [-0.3, -0.25) is 14.0 Å². The Morgan fingerprint density at radius 1 is 1.41 bits per heavy atom. The molecular formula is C15H14N2O3S2. The van der Waals surface area contributed by atoms with Crippen molar-refractivity contribution in [2.45, 2.75) is 26.4 Å². The van der Waals surface area contributed by atoms with Gasteiger partial charge < -0.3 is 4.74 Å². The molecule has 0 saturated heterocycles. The average Bonchev–Trinajstić information content (AvgIpc) is 3.13. The summed E-state index contributed by atoms with van der Waals surface area (Å²) in [6.45, 7) is 1.89. The molecule has 0 unspecified atom stereocenters. The van der Waals surface area contributed by atoms with Crippen LogP contribution in [0, 0.1) is 6.92 Å². The molecule has 0 bridgehead atoms. The van der Waals surface area contributed by atoms with Gasteiger partial charge in [-0.25, -0.2) is 4.98 Å². The van der Waals surface area contributed by atoms with Gasteiger partial charge in [0, 0.05) is 23.6 Å². The van der Waals surface area contributed by atoms with Gasteiger partial charge >= 0.3 is 5.97 Å². The van der Waals surface area contributed by atoms with E-state index in [1.807, 2.05) is 29.1 Å². The highest BCUT2D eigenvalue weighted by molar-refractivity contribution is 7.15. The molecule has 22 heavy (non-hydrogen) atoms. The molecule has 3 heterocycles. The number of ether oxygens (including phenoxy) is 1. The standard InChI is InChI=1S/C15H14N2O3S2/c1-10-8-22-15-16-12(6-13(18)17(10)15)7-20-14(19)3-2-11-4-5-21-9-11/h4-6,8-9H,2-3,7H2,1H3. The van der Waals surface area contributed by atoms with E-state index < -0.39 is 0 Å². The summed E-state index contributed by atoms with van der Waals surface area (Å²) in [6.07, 6.45) is 0.998. The molecule has 3 rings (SSSR count). The predicted molar refractivity (Wildman–Crippen MR) is 86.5 cm³/mol. The van der Waals surface area contributed by atoms with Crippen LogP contribution in [0.1, 0.15) is 23.4 Å². The number of hydrogen-bond acceptors (Lipinski definition) is 6. The van der Waals surface area contributed by atoms with Crippen molar-refractivity contribution in [2.75, 3.05) is 0 Å². The zero-order chi connectivity index (χ0) is 15.5. The van der Waals surface area contributed by atoms with Crippen molar-refractivity contribution in [3.05, 3.63) is 55.6 Å². The first-order valence-corrected chi connectivity index (χ1v) is 8.59. The minimum absolute atomic E-state index is 0.0329. The van der Waals surface area contributed by atoms with Crippen LogP contribution in [-0.4, -0.2) is 15.4 Å². The number of thiazole rings is 1. The van der Waals surface area contributed by atoms with Gasteiger partial charge in [0.25, 0.3) is 5.56 Å². The number of esters is 1. The van der Waals surface area contributed by atoms with E-state index in [2.05, 4.69) is 4.98 Å². The van der Waals surface area contributed by atoms with Crippen molar-refractivity contribution in [1.29, 1.82) is 0 Å². The van der Waals surface area contributed by atoms with Gasteiger partial charge in [-0.15, -0.1) is 11.3 Å². The van der Waals surface area contributed by atoms with Crippen LogP contribution in [0.2, 0.25) is 0 Å². The summed E-state index contributed by atoms with van der Waals surface area (Å²) in [7, 11) is 0. The van der Waals surface area contributed by atoms with E-state index in [4.69, 9.17) is 4.74 Å². The summed E-state index contributed by atoms with van der Waals surface area (Å²) in [5, 5.41) is 5.87. The molecule has 3 aromatic heterocycles. The van der Waals surface area contributed by atoms with Crippen molar-refractivity contribution < 1.29 is 9.53 Å². The molecule has 0 aliphatic carbocycles. The summed E-state index contributed by atoms with van der Waals surface area (Å²) in [5.74, 6) is -0.282. The minimum Gasteiger partial charge on any atom is -0.459 e. The SMILES string of the molecule is Cc1csc2nc(COC(=O)CCc3ccsc3)cc(=O)n12. The van der Waals surface area contributed by atoms with Crippen LogP contribution in [0.15, 0.2) is 33.1 Å². The first-order chi connectivity index (χ1) is 10.6. The molecule has 114 valence electrons. The largest absolute Gasteiger partial charge is 0.459 e. The molecular weight excluding hydrogens is 320 g/mol. The fourth-order valence-electron chi connectivity index (χ4n) is 2.08. The number of fused-ring (bicyclic) bond motifs is 1. The second kappa shape index (κ2) is 6.41. The first-order valence-electron chi connectivity index (χ1n) is 6.77. The molecule has 5 nitrogen and oxygen atoms in total. The quantitative estimate of drug-likeness (QED) is 0.673. The lowest BCUT2D eigenvalue weighted by Crippen LogP contribution is -2.16. The Labute approximate surface area is 134 Å². The molecule has 7 heteroatoms. The van der Waals surface area contributed by atoms with E-state index in [0.717, 1.165) is 11.3 Å². The summed E-state index contributed by atoms with van der Waals surface area (Å²) >= 11 is 3.01. The Morgan fingerprint density at radius 2 is 2.27 bits per heavy atom. The molecule has 0 aliphatic heterocycles. The number of carbonyl (C=O) groups is 1. The zero-order valence-electron chi connectivity index (χ0n) is 11.9. The van der Waals surface area contributed by atoms with Crippen molar-refractivity contribution >= 4 is 33.6 Å². The Balaban J connectivity index is 1.61. The molecule has 0 N–H and O–H groups in total. The lowest BCUT2D eigenvalue weighted by Gasteiger charge is -2.04. The van der Waals surface area contributed by atoms with Crippen LogP contribution in [0.4, 0.5) is 0 Å². The average molecular weight is 334 g/mol. The van der Waals surface area contributed by atoms with Gasteiger partial charge in [0.2, 0.25) is 0 Å². The van der Waals surface area contributed by atoms with Crippen LogP contribution in [0.5, 0.6) is 0 Å². The number of carbonyl (C=O) groups excluding carboxylic acids is 1. The molecule has 0 spiro atoms. The van der Waals surface area contributed by atoms with Crippen molar-refractivity contribution in [3.8, 4) is 0 Å². The molecule has 3 aromatic rings. The lowest BCUT2D eigenvalue weighted by molar-refractivity contribution is -0.145. The highest BCUT2D eigenvalue weighted by Crippen LogP contribution is 2.12. The summed E-state index contributed by atoms with van der Waals surface area (Å²) in [4.78, 5) is 28.7. The van der Waals surface area contributed by atoms with Gasteiger partial charge in [-0.1, -0.05) is 0 Å². The highest BCUT2D eigenvalue weighted by atomic mass is 32.1. The third-order valence-electron chi connectivity index (χ3n) is 3.21. The Hall–Kier alpha value is -1.99. The van der Waals surface area contributed by atoms with E-state index in [0.29, 0.717) is 23.5 Å². The fourth-order valence-corrected chi connectivity index (χ4v) is 3.68. The van der Waals surface area contributed by atoms with Crippen LogP contribution in [-0.2, 0) is 22.6 Å². The fraction of sp³-hybridized carbons (Fsp3) is 0.267. The summed E-state index contributed by atoms with van der Waals surface area (Å²) < 4.78 is 6.74. The van der Waals surface area contributed by atoms with Gasteiger partial charge in [0.1, 0.15) is 6.61 Å². The van der Waals surface area contributed by atoms with Crippen LogP contribution in [0.3, 0.4) is 0 Å². The Morgan fingerprint density at radius 3 is 3.05 bits per heavy atom. The second-order valence-corrected chi connectivity index (χ2v) is 6.49. The van der Waals surface area contributed by atoms with Gasteiger partial charge in [-0.05, 0) is 35.7 Å². The third-order valence-corrected chi connectivity index (χ3v) is 4.88. The topological polar surface area (TPSA) is 60.7 Å². The van der Waals surface area contributed by atoms with E-state index >= 15 is 0 Å². The van der Waals surface area contributed by atoms with Gasteiger partial charge in [0.05, 0.1) is 5.69 Å². The molecule has 0 amide bonds. The first kappa shape index (κ1) is 14.9. The van der Waals surface area contributed by atoms with Crippen molar-refractivity contribution in [1.82, 2.24) is 9.38 Å². The minimum atomic E-state index is -0.282. The maximum atomic E-state index is 12.0. The predicted octanol–water partition coefficient (Wildman–Crippen LogP) is 2.80. The Kier molecular flexibility index (Phi) is 4.35. The molecule has 0 radical (unpaired) electrons. The maximum absolute atomic E-state index is 12.0. The monoisotopic (exact) mass is 334 g/mol. The van der Waals surface area contributed by atoms with E-state index in [-0.39, 0.29) is 18.1 Å². The van der Waals surface area contributed by atoms with E-state index in [9.17, 15) is 9.59 Å². The van der Waals surface area contributed by atoms with Crippen LogP contribution < -0.4 is 5.56 Å². The van der Waals surface area contributed by atoms with Crippen molar-refractivity contribution in [3.63, 3.8) is 0 Å². The van der Waals surface area contributed by atoms with E-state index in [1.54, 1.807) is 15.7 Å². The number of hydrogen-bond donors (Lipinski definition) is 0. The summed E-state index contributed by atoms with van der Waals surface area (Å²) in [6, 6.07) is 3.41. The molecule has 0 aliphatic rings. The number of thiophene rings is 1. The molecule has 0 fully saturated rings. The number of rotatable bonds is 5. The van der Waals surface area contributed by atoms with Crippen molar-refractivity contribution in [2.24, 2.45) is 0 Å². The second-order valence-electron chi connectivity index (χ2n) is 4.87. The number of aryl methyl sites for hydroxylation is 2. The van der Waals surface area contributed by atoms with Gasteiger partial charge in [0.15, 0.2) is 4.96 Å². The molecule has 0 atom stereocenters. The number of aromatic nitrogens is 2. The van der Waals surface area contributed by atoms with Crippen LogP contribution >= 0.6 is 22.7 Å². The maximum Gasteiger partial charge on any atom is 0.306 e. The normalized spacial score (nSPS) is 11.0. The highest BCUT2D eigenvalue weighted by Gasteiger charge is 2.09. The Bertz CT molecular complexity index is 849. The zero-order valence-corrected chi connectivity index (χ0v) is 13.6. The number of nitrogens with zero attached hydrogens (tertiary/aromatic N) is 2. The van der Waals surface area contributed by atoms with Crippen LogP contribution in [0.25, 0.3) is 4.96 Å². The van der Waals surface area contributed by atoms with Gasteiger partial charge in [-0.2, -0.15) is 11.3 Å². The summed E-state index contributed by atoms with van der Waals surface area (Å²) in [5.41, 5.74) is 2.33. The molecule has 0 aromatic carbocycles. The van der Waals surface area contributed by atoms with E-state index in [1.165, 1.54) is 17.4 Å². The third kappa shape index (κ3) is 3.26. The lowest BCUT2D eigenvalue weighted by atomic mass is 10.2. The smallest absolute Gasteiger partial charge is 0.306 e. The molecule has 0 saturated carbocycles.